The molecule has 0 atom stereocenters. The van der Waals surface area contributed by atoms with Crippen molar-refractivity contribution in [1.82, 2.24) is 10.2 Å². The molecule has 0 radical (unpaired) electrons. The third-order valence-corrected chi connectivity index (χ3v) is 5.96. The van der Waals surface area contributed by atoms with Crippen LogP contribution in [0.4, 0.5) is 0 Å². The lowest BCUT2D eigenvalue weighted by atomic mass is 9.84. The highest BCUT2D eigenvalue weighted by atomic mass is 16.1. The van der Waals surface area contributed by atoms with Gasteiger partial charge in [0.2, 0.25) is 5.91 Å². The monoisotopic (exact) mass is 376 g/mol. The molecule has 0 bridgehead atoms. The van der Waals surface area contributed by atoms with Crippen LogP contribution in [0, 0.1) is 28.6 Å². The summed E-state index contributed by atoms with van der Waals surface area (Å²) in [5.41, 5.74) is 3.25. The van der Waals surface area contributed by atoms with Crippen LogP contribution in [0.1, 0.15) is 56.1 Å². The number of nitrogens with one attached hydrogen (secondary N) is 1. The minimum atomic E-state index is -0.137. The highest BCUT2D eigenvalue weighted by Gasteiger charge is 2.23. The fourth-order valence-corrected chi connectivity index (χ4v) is 4.28. The summed E-state index contributed by atoms with van der Waals surface area (Å²) in [5.74, 6) is 0.601. The highest BCUT2D eigenvalue weighted by molar-refractivity contribution is 5.78. The zero-order valence-electron chi connectivity index (χ0n) is 16.4. The van der Waals surface area contributed by atoms with E-state index in [2.05, 4.69) is 28.4 Å². The van der Waals surface area contributed by atoms with E-state index in [-0.39, 0.29) is 18.4 Å². The lowest BCUT2D eigenvalue weighted by Crippen LogP contribution is -2.38. The Balaban J connectivity index is 1.39. The zero-order chi connectivity index (χ0) is 19.8. The summed E-state index contributed by atoms with van der Waals surface area (Å²) in [6.45, 7) is 3.17. The summed E-state index contributed by atoms with van der Waals surface area (Å²) in [4.78, 5) is 14.0. The number of benzene rings is 1. The Morgan fingerprint density at radius 1 is 1.21 bits per heavy atom. The van der Waals surface area contributed by atoms with Crippen LogP contribution in [0.25, 0.3) is 5.57 Å². The van der Waals surface area contributed by atoms with Gasteiger partial charge in [-0.2, -0.15) is 10.5 Å². The minimum Gasteiger partial charge on any atom is -0.352 e. The van der Waals surface area contributed by atoms with Crippen molar-refractivity contribution < 1.29 is 4.79 Å². The van der Waals surface area contributed by atoms with Gasteiger partial charge in [-0.05, 0) is 74.3 Å². The molecule has 0 spiro atoms. The van der Waals surface area contributed by atoms with Crippen molar-refractivity contribution in [2.75, 3.05) is 19.6 Å². The molecule has 5 heteroatoms. The minimum absolute atomic E-state index is 0.0365. The topological polar surface area (TPSA) is 79.9 Å². The van der Waals surface area contributed by atoms with Gasteiger partial charge in [-0.15, -0.1) is 0 Å². The zero-order valence-corrected chi connectivity index (χ0v) is 16.4. The van der Waals surface area contributed by atoms with Gasteiger partial charge in [-0.3, -0.25) is 9.69 Å². The maximum atomic E-state index is 11.5. The molecule has 1 N–H and O–H groups in total. The molecule has 1 amide bonds. The van der Waals surface area contributed by atoms with Crippen LogP contribution in [0.5, 0.6) is 0 Å². The first-order valence-corrected chi connectivity index (χ1v) is 10.3. The molecule has 1 heterocycles. The second-order valence-electron chi connectivity index (χ2n) is 7.88. The molecular weight excluding hydrogens is 348 g/mol. The summed E-state index contributed by atoms with van der Waals surface area (Å²) in [6.07, 6.45) is 8.90. The molecule has 28 heavy (non-hydrogen) atoms. The van der Waals surface area contributed by atoms with E-state index < -0.39 is 0 Å². The Kier molecular flexibility index (Phi) is 7.23. The number of hydrogen-bond donors (Lipinski definition) is 1. The van der Waals surface area contributed by atoms with Crippen molar-refractivity contribution in [1.29, 1.82) is 10.5 Å². The van der Waals surface area contributed by atoms with Gasteiger partial charge in [0.25, 0.3) is 0 Å². The number of carbonyl (C=O) groups excluding carboxylic acids is 1. The van der Waals surface area contributed by atoms with E-state index in [0.29, 0.717) is 0 Å². The second-order valence-corrected chi connectivity index (χ2v) is 7.88. The van der Waals surface area contributed by atoms with Gasteiger partial charge in [0.05, 0.1) is 17.7 Å². The van der Waals surface area contributed by atoms with Crippen LogP contribution in [-0.4, -0.2) is 36.5 Å². The summed E-state index contributed by atoms with van der Waals surface area (Å²) in [5, 5.41) is 20.6. The van der Waals surface area contributed by atoms with Crippen LogP contribution >= 0.6 is 0 Å². The van der Waals surface area contributed by atoms with E-state index in [4.69, 9.17) is 10.5 Å². The third-order valence-electron chi connectivity index (χ3n) is 5.96. The third kappa shape index (κ3) is 5.68. The van der Waals surface area contributed by atoms with E-state index in [1.54, 1.807) is 0 Å². The first-order valence-electron chi connectivity index (χ1n) is 10.3. The SMILES string of the molecule is N#CCC(=O)NC1CCC(CCN2CC=C(c3cccc(C#N)c3)CC2)CC1. The maximum absolute atomic E-state index is 11.5. The predicted molar refractivity (Wildman–Crippen MR) is 109 cm³/mol. The molecule has 1 fully saturated rings. The lowest BCUT2D eigenvalue weighted by molar-refractivity contribution is -0.121. The summed E-state index contributed by atoms with van der Waals surface area (Å²) >= 11 is 0. The van der Waals surface area contributed by atoms with Crippen LogP contribution < -0.4 is 5.32 Å². The molecule has 1 saturated carbocycles. The normalized spacial score (nSPS) is 22.6. The van der Waals surface area contributed by atoms with Gasteiger partial charge in [0.15, 0.2) is 0 Å². The average Bonchev–Trinajstić information content (AvgIpc) is 2.74. The molecule has 1 aliphatic carbocycles. The maximum Gasteiger partial charge on any atom is 0.234 e. The molecular formula is C23H28N4O. The summed E-state index contributed by atoms with van der Waals surface area (Å²) in [7, 11) is 0. The quantitative estimate of drug-likeness (QED) is 0.822. The molecule has 3 rings (SSSR count). The smallest absolute Gasteiger partial charge is 0.234 e. The van der Waals surface area contributed by atoms with Crippen molar-refractivity contribution in [3.8, 4) is 12.1 Å². The fourth-order valence-electron chi connectivity index (χ4n) is 4.28. The predicted octanol–water partition coefficient (Wildman–Crippen LogP) is 3.63. The summed E-state index contributed by atoms with van der Waals surface area (Å²) < 4.78 is 0. The van der Waals surface area contributed by atoms with E-state index in [1.807, 2.05) is 24.3 Å². The van der Waals surface area contributed by atoms with Gasteiger partial charge in [0.1, 0.15) is 6.42 Å². The highest BCUT2D eigenvalue weighted by Crippen LogP contribution is 2.28. The molecule has 0 aromatic heterocycles. The van der Waals surface area contributed by atoms with Crippen molar-refractivity contribution >= 4 is 11.5 Å². The molecule has 1 aromatic rings. The molecule has 0 saturated heterocycles. The number of rotatable bonds is 6. The Bertz CT molecular complexity index is 794. The van der Waals surface area contributed by atoms with Crippen molar-refractivity contribution in [3.05, 3.63) is 41.5 Å². The molecule has 5 nitrogen and oxygen atoms in total. The molecule has 2 aliphatic rings. The Morgan fingerprint density at radius 3 is 2.71 bits per heavy atom. The van der Waals surface area contributed by atoms with E-state index in [0.717, 1.165) is 63.2 Å². The lowest BCUT2D eigenvalue weighted by Gasteiger charge is -2.32. The van der Waals surface area contributed by atoms with Crippen molar-refractivity contribution in [3.63, 3.8) is 0 Å². The van der Waals surface area contributed by atoms with Crippen LogP contribution in [-0.2, 0) is 4.79 Å². The molecule has 1 aromatic carbocycles. The first-order chi connectivity index (χ1) is 13.7. The Labute approximate surface area is 167 Å². The van der Waals surface area contributed by atoms with Crippen LogP contribution in [0.15, 0.2) is 30.3 Å². The largest absolute Gasteiger partial charge is 0.352 e. The van der Waals surface area contributed by atoms with Gasteiger partial charge < -0.3 is 5.32 Å². The Morgan fingerprint density at radius 2 is 2.04 bits per heavy atom. The number of amides is 1. The number of carbonyl (C=O) groups is 1. The van der Waals surface area contributed by atoms with Gasteiger partial charge in [0, 0.05) is 19.1 Å². The standard InChI is InChI=1S/C23H28N4O/c24-12-8-23(28)26-22-6-4-18(5-7-22)9-13-27-14-10-20(11-15-27)21-3-1-2-19(16-21)17-25/h1-3,10,16,18,22H,4-9,11,13-15H2,(H,26,28). The van der Waals surface area contributed by atoms with Crippen molar-refractivity contribution in [2.45, 2.75) is 51.0 Å². The van der Waals surface area contributed by atoms with Gasteiger partial charge >= 0.3 is 0 Å². The summed E-state index contributed by atoms with van der Waals surface area (Å²) in [6, 6.07) is 12.3. The van der Waals surface area contributed by atoms with Gasteiger partial charge in [-0.1, -0.05) is 18.2 Å². The van der Waals surface area contributed by atoms with Crippen LogP contribution in [0.2, 0.25) is 0 Å². The average molecular weight is 377 g/mol. The number of hydrogen-bond acceptors (Lipinski definition) is 4. The second kappa shape index (κ2) is 10.1. The molecule has 0 unspecified atom stereocenters. The van der Waals surface area contributed by atoms with Gasteiger partial charge in [-0.25, -0.2) is 0 Å². The molecule has 146 valence electrons. The van der Waals surface area contributed by atoms with Crippen LogP contribution in [0.3, 0.4) is 0 Å². The van der Waals surface area contributed by atoms with E-state index in [9.17, 15) is 4.79 Å². The van der Waals surface area contributed by atoms with Crippen molar-refractivity contribution in [2.24, 2.45) is 5.92 Å². The Hall–Kier alpha value is -2.63. The first kappa shape index (κ1) is 20.1. The number of nitrogens with zero attached hydrogens (tertiary/aromatic N) is 3. The van der Waals surface area contributed by atoms with E-state index in [1.165, 1.54) is 17.6 Å². The van der Waals surface area contributed by atoms with E-state index >= 15 is 0 Å². The fraction of sp³-hybridized carbons (Fsp3) is 0.522. The molecule has 1 aliphatic heterocycles. The number of nitriles is 2.